The van der Waals surface area contributed by atoms with Crippen LogP contribution in [0.2, 0.25) is 0 Å². The molecule has 0 aromatic carbocycles. The maximum Gasteiger partial charge on any atom is 0.306 e. The predicted octanol–water partition coefficient (Wildman–Crippen LogP) is 3.89. The summed E-state index contributed by atoms with van der Waals surface area (Å²) in [6, 6.07) is 0. The maximum atomic E-state index is 12.0. The van der Waals surface area contributed by atoms with E-state index in [0.717, 1.165) is 31.0 Å². The highest BCUT2D eigenvalue weighted by atomic mass is 32.2. The number of allylic oxidation sites excluding steroid dienone is 1. The molecule has 1 unspecified atom stereocenters. The van der Waals surface area contributed by atoms with Crippen molar-refractivity contribution in [1.82, 2.24) is 0 Å². The van der Waals surface area contributed by atoms with Crippen molar-refractivity contribution in [3.8, 4) is 0 Å². The fourth-order valence-electron chi connectivity index (χ4n) is 3.00. The zero-order valence-electron chi connectivity index (χ0n) is 16.5. The normalized spacial score (nSPS) is 29.9. The number of carbonyl (C=O) groups excluding carboxylic acids is 1. The zero-order valence-corrected chi connectivity index (χ0v) is 16.3. The lowest BCUT2D eigenvalue weighted by Gasteiger charge is -2.53. The Bertz CT molecular complexity index is 497. The molecule has 1 rings (SSSR count). The molecule has 0 aromatic rings. The van der Waals surface area contributed by atoms with Gasteiger partial charge in [-0.25, -0.2) is 0 Å². The first-order valence-corrected chi connectivity index (χ1v) is 9.17. The zero-order chi connectivity index (χ0) is 19.1. The summed E-state index contributed by atoms with van der Waals surface area (Å²) in [5.41, 5.74) is -0.139. The van der Waals surface area contributed by atoms with Crippen molar-refractivity contribution in [1.29, 1.82) is 1.34 Å². The molecule has 3 atom stereocenters. The van der Waals surface area contributed by atoms with Gasteiger partial charge in [0.05, 0.1) is 12.7 Å². The third-order valence-electron chi connectivity index (χ3n) is 4.88. The number of rotatable bonds is 9. The first-order chi connectivity index (χ1) is 11.8. The highest BCUT2D eigenvalue weighted by molar-refractivity contribution is 8.15. The fraction of sp³-hybridized carbons (Fsp3) is 0.722. The Kier molecular flexibility index (Phi) is 7.45. The third-order valence-corrected chi connectivity index (χ3v) is 5.14. The molecule has 0 bridgehead atoms. The Morgan fingerprint density at radius 1 is 1.67 bits per heavy atom. The number of esters is 1. The van der Waals surface area contributed by atoms with Crippen LogP contribution in [0.25, 0.3) is 0 Å². The van der Waals surface area contributed by atoms with Gasteiger partial charge in [-0.2, -0.15) is 0 Å². The van der Waals surface area contributed by atoms with Crippen molar-refractivity contribution >= 4 is 25.0 Å². The first-order valence-electron chi connectivity index (χ1n) is 8.95. The maximum absolute atomic E-state index is 12.0. The summed E-state index contributed by atoms with van der Waals surface area (Å²) < 4.78 is 24.9. The van der Waals surface area contributed by atoms with Crippen LogP contribution in [0.5, 0.6) is 0 Å². The molecule has 1 radical (unpaired) electrons. The number of hydrogen-bond acceptors (Lipinski definition) is 5. The molecule has 1 fully saturated rings. The first kappa shape index (κ1) is 19.6. The molecule has 0 aromatic heterocycles. The molecule has 6 heteroatoms. The predicted molar refractivity (Wildman–Crippen MR) is 101 cm³/mol. The average Bonchev–Trinajstić information content (AvgIpc) is 2.57. The monoisotopic (exact) mass is 355 g/mol. The van der Waals surface area contributed by atoms with E-state index in [-0.39, 0.29) is 12.1 Å². The number of carbonyl (C=O) groups is 1. The van der Waals surface area contributed by atoms with Crippen LogP contribution in [0.4, 0.5) is 0 Å². The molecule has 135 valence electrons. The molecule has 1 heterocycles. The van der Waals surface area contributed by atoms with Gasteiger partial charge < -0.3 is 13.7 Å². The topological polar surface area (TPSA) is 44.8 Å². The van der Waals surface area contributed by atoms with Gasteiger partial charge in [-0.05, 0) is 33.6 Å². The van der Waals surface area contributed by atoms with E-state index in [4.69, 9.17) is 15.0 Å². The van der Waals surface area contributed by atoms with Gasteiger partial charge in [0.1, 0.15) is 5.60 Å². The minimum absolute atomic E-state index is 0.0139. The van der Waals surface area contributed by atoms with Crippen molar-refractivity contribution in [2.75, 3.05) is 6.61 Å². The van der Waals surface area contributed by atoms with Gasteiger partial charge in [-0.1, -0.05) is 44.8 Å². The Balaban J connectivity index is 3.21. The molecule has 0 N–H and O–H groups in total. The SMILES string of the molecule is [3H][B]SOCC(C)(C)[C@]1(C)OC(CC=C)C/C(=C\C)[C@@H]1OC(=O)CC. The van der Waals surface area contributed by atoms with Gasteiger partial charge in [0.15, 0.2) is 6.10 Å². The molecule has 24 heavy (non-hydrogen) atoms. The summed E-state index contributed by atoms with van der Waals surface area (Å²) >= 11 is 0.982. The summed E-state index contributed by atoms with van der Waals surface area (Å²) in [6.45, 7) is 14.0. The van der Waals surface area contributed by atoms with Crippen LogP contribution in [-0.2, 0) is 18.5 Å². The lowest BCUT2D eigenvalue weighted by atomic mass is 9.68. The summed E-state index contributed by atoms with van der Waals surface area (Å²) in [7, 11) is 1.15. The molecular formula is C18H30BO4S. The summed E-state index contributed by atoms with van der Waals surface area (Å²) in [5.74, 6) is -0.244. The molecule has 1 aliphatic rings. The largest absolute Gasteiger partial charge is 0.455 e. The fourth-order valence-corrected chi connectivity index (χ4v) is 3.36. The van der Waals surface area contributed by atoms with E-state index in [1.165, 1.54) is 0 Å². The van der Waals surface area contributed by atoms with Crippen LogP contribution in [0.3, 0.4) is 0 Å². The average molecular weight is 355 g/mol. The van der Waals surface area contributed by atoms with Crippen LogP contribution in [-0.4, -0.2) is 38.8 Å². The smallest absolute Gasteiger partial charge is 0.306 e. The lowest BCUT2D eigenvalue weighted by Crippen LogP contribution is -2.61. The van der Waals surface area contributed by atoms with Crippen molar-refractivity contribution in [3.63, 3.8) is 0 Å². The molecular weight excluding hydrogens is 323 g/mol. The van der Waals surface area contributed by atoms with Crippen molar-refractivity contribution in [3.05, 3.63) is 24.3 Å². The van der Waals surface area contributed by atoms with Crippen LogP contribution in [0.1, 0.15) is 53.9 Å². The summed E-state index contributed by atoms with van der Waals surface area (Å²) in [4.78, 5) is 12.0. The van der Waals surface area contributed by atoms with Crippen LogP contribution < -0.4 is 0 Å². The molecule has 1 saturated heterocycles. The number of hydrogen-bond donors (Lipinski definition) is 0. The Hall–Kier alpha value is -0.715. The second-order valence-corrected chi connectivity index (χ2v) is 7.33. The summed E-state index contributed by atoms with van der Waals surface area (Å²) in [5, 5.41) is 0. The Labute approximate surface area is 153 Å². The molecule has 0 spiro atoms. The molecule has 4 nitrogen and oxygen atoms in total. The Morgan fingerprint density at radius 3 is 2.92 bits per heavy atom. The third kappa shape index (κ3) is 4.67. The highest BCUT2D eigenvalue weighted by Crippen LogP contribution is 2.47. The number of ether oxygens (including phenoxy) is 2. The van der Waals surface area contributed by atoms with E-state index in [2.05, 4.69) is 6.58 Å². The van der Waals surface area contributed by atoms with Crippen LogP contribution in [0.15, 0.2) is 24.3 Å². The van der Waals surface area contributed by atoms with E-state index in [1.807, 2.05) is 39.8 Å². The van der Waals surface area contributed by atoms with E-state index in [1.54, 1.807) is 6.92 Å². The van der Waals surface area contributed by atoms with E-state index in [9.17, 15) is 4.79 Å². The van der Waals surface area contributed by atoms with Crippen molar-refractivity contribution in [2.24, 2.45) is 5.41 Å². The van der Waals surface area contributed by atoms with E-state index in [0.29, 0.717) is 19.4 Å². The second-order valence-electron chi connectivity index (χ2n) is 6.90. The highest BCUT2D eigenvalue weighted by Gasteiger charge is 2.55. The van der Waals surface area contributed by atoms with Crippen LogP contribution in [0, 0.1) is 5.41 Å². The minimum atomic E-state index is -0.756. The van der Waals surface area contributed by atoms with E-state index < -0.39 is 17.1 Å². The lowest BCUT2D eigenvalue weighted by molar-refractivity contribution is -0.226. The van der Waals surface area contributed by atoms with Crippen LogP contribution >= 0.6 is 11.9 Å². The van der Waals surface area contributed by atoms with Crippen molar-refractivity contribution in [2.45, 2.75) is 71.7 Å². The van der Waals surface area contributed by atoms with Gasteiger partial charge in [0, 0.05) is 11.8 Å². The van der Waals surface area contributed by atoms with E-state index >= 15 is 0 Å². The quantitative estimate of drug-likeness (QED) is 0.206. The Morgan fingerprint density at radius 2 is 2.38 bits per heavy atom. The van der Waals surface area contributed by atoms with Gasteiger partial charge in [0.25, 0.3) is 0 Å². The second kappa shape index (κ2) is 9.11. The van der Waals surface area contributed by atoms with Gasteiger partial charge in [-0.15, -0.1) is 6.58 Å². The molecule has 0 aliphatic carbocycles. The van der Waals surface area contributed by atoms with Gasteiger partial charge in [-0.3, -0.25) is 4.79 Å². The minimum Gasteiger partial charge on any atom is -0.455 e. The standard InChI is InChI=1S/C18H30BO4S/c1-7-10-14-11-13(8-2)16(22-15(20)9-3)18(6,23-14)17(4,5)12-21-24-19/h7-8,14,16,19H,1,9-12H2,2-6H3/b13-8+/t14?,16-,18+/m0/s1/i19T. The molecule has 0 amide bonds. The molecule has 1 aliphatic heterocycles. The molecule has 0 saturated carbocycles. The van der Waals surface area contributed by atoms with Gasteiger partial charge >= 0.3 is 5.97 Å². The van der Waals surface area contributed by atoms with Crippen molar-refractivity contribution < 1.29 is 18.5 Å². The van der Waals surface area contributed by atoms with Gasteiger partial charge in [0.2, 0.25) is 7.09 Å². The summed E-state index contributed by atoms with van der Waals surface area (Å²) in [6.07, 6.45) is 5.16.